The van der Waals surface area contributed by atoms with Crippen LogP contribution in [0.15, 0.2) is 18.5 Å². The van der Waals surface area contributed by atoms with Crippen molar-refractivity contribution in [3.8, 4) is 0 Å². The number of anilines is 3. The number of carbonyl (C=O) groups excluding carboxylic acids is 1. The minimum atomic E-state index is -4.17. The van der Waals surface area contributed by atoms with E-state index in [4.69, 9.17) is 0 Å². The molecule has 2 N–H and O–H groups in total. The third kappa shape index (κ3) is 4.99. The molecule has 10 heteroatoms. The number of alkyl halides is 3. The van der Waals surface area contributed by atoms with Gasteiger partial charge in [0, 0.05) is 44.4 Å². The van der Waals surface area contributed by atoms with E-state index in [1.807, 2.05) is 31.9 Å². The van der Waals surface area contributed by atoms with E-state index in [9.17, 15) is 18.0 Å². The van der Waals surface area contributed by atoms with Gasteiger partial charge < -0.3 is 15.5 Å². The van der Waals surface area contributed by atoms with Gasteiger partial charge in [-0.1, -0.05) is 6.92 Å². The third-order valence-corrected chi connectivity index (χ3v) is 5.01. The number of aromatic nitrogens is 3. The molecule has 0 radical (unpaired) electrons. The highest BCUT2D eigenvalue weighted by molar-refractivity contribution is 6.04. The lowest BCUT2D eigenvalue weighted by Gasteiger charge is -2.34. The van der Waals surface area contributed by atoms with Crippen molar-refractivity contribution in [1.29, 1.82) is 0 Å². The Labute approximate surface area is 167 Å². The van der Waals surface area contributed by atoms with Gasteiger partial charge in [-0.3, -0.25) is 9.48 Å². The summed E-state index contributed by atoms with van der Waals surface area (Å²) in [7, 11) is 1.86. The van der Waals surface area contributed by atoms with Crippen molar-refractivity contribution in [3.63, 3.8) is 0 Å². The Morgan fingerprint density at radius 3 is 2.79 bits per heavy atom. The fraction of sp³-hybridized carbons (Fsp3) is 0.526. The number of nitrogens with zero attached hydrogens (tertiary/aromatic N) is 4. The van der Waals surface area contributed by atoms with Crippen molar-refractivity contribution in [3.05, 3.63) is 29.7 Å². The van der Waals surface area contributed by atoms with Crippen molar-refractivity contribution >= 4 is 23.1 Å². The Balaban J connectivity index is 1.65. The number of halogens is 3. The van der Waals surface area contributed by atoms with Gasteiger partial charge in [0.15, 0.2) is 0 Å². The molecular weight excluding hydrogens is 385 g/mol. The minimum Gasteiger partial charge on any atom is -0.366 e. The Hall–Kier alpha value is -2.78. The molecule has 0 fully saturated rings. The molecule has 1 aliphatic rings. The maximum Gasteiger partial charge on any atom is 0.389 e. The van der Waals surface area contributed by atoms with Crippen LogP contribution >= 0.6 is 0 Å². The Kier molecular flexibility index (Phi) is 5.72. The van der Waals surface area contributed by atoms with Crippen LogP contribution in [0.5, 0.6) is 0 Å². The third-order valence-electron chi connectivity index (χ3n) is 5.01. The Morgan fingerprint density at radius 2 is 2.10 bits per heavy atom. The summed E-state index contributed by atoms with van der Waals surface area (Å²) in [6.45, 7) is 5.86. The van der Waals surface area contributed by atoms with Gasteiger partial charge in [0.05, 0.1) is 23.3 Å². The lowest BCUT2D eigenvalue weighted by molar-refractivity contribution is -0.144. The van der Waals surface area contributed by atoms with Gasteiger partial charge >= 0.3 is 6.18 Å². The second kappa shape index (κ2) is 7.92. The standard InChI is InChI=1S/C19H25F3N6O/c1-11(6-19(20,21)22)9-28-10-14(8-24-28)7-23-16-5-15-17(12(2)25-16)26-18(29)13(3)27(15)4/h5,8,10-11,13H,6-7,9H2,1-4H3,(H,23,25)(H,26,29)/t11?,13-/m0/s1. The largest absolute Gasteiger partial charge is 0.389 e. The fourth-order valence-electron chi connectivity index (χ4n) is 3.36. The van der Waals surface area contributed by atoms with E-state index < -0.39 is 18.5 Å². The summed E-state index contributed by atoms with van der Waals surface area (Å²) in [6, 6.07) is 1.59. The van der Waals surface area contributed by atoms with Crippen molar-refractivity contribution in [2.75, 3.05) is 22.6 Å². The highest BCUT2D eigenvalue weighted by atomic mass is 19.4. The molecule has 3 heterocycles. The Bertz CT molecular complexity index is 895. The van der Waals surface area contributed by atoms with Gasteiger partial charge in [-0.2, -0.15) is 18.3 Å². The predicted molar refractivity (Wildman–Crippen MR) is 105 cm³/mol. The van der Waals surface area contributed by atoms with E-state index in [1.165, 1.54) is 4.68 Å². The molecule has 2 aromatic rings. The maximum atomic E-state index is 12.5. The zero-order valence-electron chi connectivity index (χ0n) is 16.8. The number of likely N-dealkylation sites (N-methyl/N-ethyl adjacent to an activating group) is 1. The van der Waals surface area contributed by atoms with Gasteiger partial charge in [-0.05, 0) is 19.8 Å². The number of fused-ring (bicyclic) bond motifs is 1. The second-order valence-corrected chi connectivity index (χ2v) is 7.61. The molecule has 1 unspecified atom stereocenters. The van der Waals surface area contributed by atoms with Crippen molar-refractivity contribution < 1.29 is 18.0 Å². The van der Waals surface area contributed by atoms with Crippen LogP contribution in [0.1, 0.15) is 31.5 Å². The minimum absolute atomic E-state index is 0.0715. The summed E-state index contributed by atoms with van der Waals surface area (Å²) >= 11 is 0. The number of nitrogens with one attached hydrogen (secondary N) is 2. The van der Waals surface area contributed by atoms with Crippen LogP contribution < -0.4 is 15.5 Å². The Morgan fingerprint density at radius 1 is 1.38 bits per heavy atom. The summed E-state index contributed by atoms with van der Waals surface area (Å²) in [5, 5.41) is 10.3. The van der Waals surface area contributed by atoms with E-state index in [1.54, 1.807) is 19.3 Å². The van der Waals surface area contributed by atoms with Crippen molar-refractivity contribution in [2.45, 2.75) is 52.5 Å². The summed E-state index contributed by atoms with van der Waals surface area (Å²) < 4.78 is 39.0. The first-order valence-electron chi connectivity index (χ1n) is 9.41. The lowest BCUT2D eigenvalue weighted by atomic mass is 10.1. The first kappa shape index (κ1) is 20.9. The van der Waals surface area contributed by atoms with Crippen LogP contribution in [0.25, 0.3) is 0 Å². The summed E-state index contributed by atoms with van der Waals surface area (Å²) in [6.07, 6.45) is -1.63. The van der Waals surface area contributed by atoms with Crippen LogP contribution in [0.2, 0.25) is 0 Å². The molecule has 0 saturated carbocycles. The lowest BCUT2D eigenvalue weighted by Crippen LogP contribution is -2.44. The first-order valence-corrected chi connectivity index (χ1v) is 9.41. The average Bonchev–Trinajstić information content (AvgIpc) is 3.04. The highest BCUT2D eigenvalue weighted by Gasteiger charge is 2.30. The molecule has 29 heavy (non-hydrogen) atoms. The van der Waals surface area contributed by atoms with Gasteiger partial charge in [0.1, 0.15) is 11.9 Å². The van der Waals surface area contributed by atoms with E-state index in [-0.39, 0.29) is 18.5 Å². The molecule has 1 aliphatic heterocycles. The van der Waals surface area contributed by atoms with Gasteiger partial charge in [0.25, 0.3) is 0 Å². The number of rotatable bonds is 6. The first-order chi connectivity index (χ1) is 13.5. The van der Waals surface area contributed by atoms with Gasteiger partial charge in [0.2, 0.25) is 5.91 Å². The van der Waals surface area contributed by atoms with Crippen LogP contribution in [-0.4, -0.2) is 39.9 Å². The highest BCUT2D eigenvalue weighted by Crippen LogP contribution is 2.35. The molecule has 7 nitrogen and oxygen atoms in total. The number of aryl methyl sites for hydroxylation is 1. The number of amides is 1. The van der Waals surface area contributed by atoms with Crippen molar-refractivity contribution in [1.82, 2.24) is 14.8 Å². The van der Waals surface area contributed by atoms with Crippen LogP contribution in [0.4, 0.5) is 30.4 Å². The smallest absolute Gasteiger partial charge is 0.366 e. The predicted octanol–water partition coefficient (Wildman–Crippen LogP) is 3.56. The molecule has 0 bridgehead atoms. The number of pyridine rings is 1. The number of hydrogen-bond acceptors (Lipinski definition) is 5. The van der Waals surface area contributed by atoms with E-state index in [2.05, 4.69) is 20.7 Å². The fourth-order valence-corrected chi connectivity index (χ4v) is 3.36. The van der Waals surface area contributed by atoms with Crippen LogP contribution in [0.3, 0.4) is 0 Å². The van der Waals surface area contributed by atoms with Crippen LogP contribution in [0, 0.1) is 12.8 Å². The topological polar surface area (TPSA) is 75.1 Å². The van der Waals surface area contributed by atoms with E-state index >= 15 is 0 Å². The van der Waals surface area contributed by atoms with Crippen LogP contribution in [-0.2, 0) is 17.9 Å². The summed E-state index contributed by atoms with van der Waals surface area (Å²) in [4.78, 5) is 18.4. The molecule has 1 amide bonds. The second-order valence-electron chi connectivity index (χ2n) is 7.61. The molecule has 2 aromatic heterocycles. The molecule has 2 atom stereocenters. The molecule has 0 aromatic carbocycles. The quantitative estimate of drug-likeness (QED) is 0.762. The number of carbonyl (C=O) groups is 1. The maximum absolute atomic E-state index is 12.5. The zero-order valence-corrected chi connectivity index (χ0v) is 16.8. The SMILES string of the molecule is Cc1nc(NCc2cnn(CC(C)CC(F)(F)F)c2)cc2c1NC(=O)[C@H](C)N2C. The molecule has 0 saturated heterocycles. The molecule has 3 rings (SSSR count). The number of hydrogen-bond donors (Lipinski definition) is 2. The van der Waals surface area contributed by atoms with Gasteiger partial charge in [-0.25, -0.2) is 4.98 Å². The van der Waals surface area contributed by atoms with Crippen molar-refractivity contribution in [2.24, 2.45) is 5.92 Å². The summed E-state index contributed by atoms with van der Waals surface area (Å²) in [5.41, 5.74) is 3.13. The van der Waals surface area contributed by atoms with E-state index in [0.717, 1.165) is 11.3 Å². The summed E-state index contributed by atoms with van der Waals surface area (Å²) in [5.74, 6) is 0.0285. The van der Waals surface area contributed by atoms with E-state index in [0.29, 0.717) is 23.7 Å². The molecule has 158 valence electrons. The zero-order chi connectivity index (χ0) is 21.3. The normalized spacial score (nSPS) is 17.7. The molecule has 0 spiro atoms. The molecular formula is C19H25F3N6O. The molecule has 0 aliphatic carbocycles. The average molecular weight is 410 g/mol. The van der Waals surface area contributed by atoms with Gasteiger partial charge in [-0.15, -0.1) is 0 Å². The monoisotopic (exact) mass is 410 g/mol.